The van der Waals surface area contributed by atoms with Crippen LogP contribution < -0.4 is 0 Å². The van der Waals surface area contributed by atoms with Crippen LogP contribution in [0.4, 0.5) is 4.79 Å². The van der Waals surface area contributed by atoms with Gasteiger partial charge in [-0.05, 0) is 12.0 Å². The first-order valence-electron chi connectivity index (χ1n) is 4.15. The number of rotatable bonds is 3. The smallest absolute Gasteiger partial charge is 0.404 e. The second-order valence-corrected chi connectivity index (χ2v) is 2.97. The van der Waals surface area contributed by atoms with Gasteiger partial charge in [0.15, 0.2) is 0 Å². The SMILES string of the molecule is CC[C@@H](OC(=O)Cl)c1ccccc1. The minimum Gasteiger partial charge on any atom is -0.446 e. The average molecular weight is 199 g/mol. The molecule has 0 aliphatic carbocycles. The van der Waals surface area contributed by atoms with Crippen LogP contribution in [0, 0.1) is 0 Å². The summed E-state index contributed by atoms with van der Waals surface area (Å²) in [5.41, 5.74) is 0.217. The highest BCUT2D eigenvalue weighted by Crippen LogP contribution is 2.21. The van der Waals surface area contributed by atoms with Crippen LogP contribution in [0.1, 0.15) is 25.0 Å². The first-order chi connectivity index (χ1) is 6.24. The minimum atomic E-state index is -0.754. The summed E-state index contributed by atoms with van der Waals surface area (Å²) in [6.45, 7) is 1.94. The molecule has 0 N–H and O–H groups in total. The molecule has 0 radical (unpaired) electrons. The molecule has 1 aromatic rings. The molecule has 3 heteroatoms. The molecule has 0 bridgehead atoms. The Morgan fingerprint density at radius 2 is 2.08 bits per heavy atom. The minimum absolute atomic E-state index is 0.230. The Hall–Kier alpha value is -1.02. The third-order valence-electron chi connectivity index (χ3n) is 1.78. The van der Waals surface area contributed by atoms with Crippen LogP contribution in [0.25, 0.3) is 0 Å². The Labute approximate surface area is 82.5 Å². The summed E-state index contributed by atoms with van der Waals surface area (Å²) in [6, 6.07) is 9.54. The van der Waals surface area contributed by atoms with Crippen LogP contribution in [-0.2, 0) is 4.74 Å². The summed E-state index contributed by atoms with van der Waals surface area (Å²) < 4.78 is 4.91. The van der Waals surface area contributed by atoms with E-state index in [4.69, 9.17) is 16.3 Å². The van der Waals surface area contributed by atoms with Crippen molar-refractivity contribution in [3.05, 3.63) is 35.9 Å². The topological polar surface area (TPSA) is 26.3 Å². The molecule has 70 valence electrons. The Kier molecular flexibility index (Phi) is 3.77. The van der Waals surface area contributed by atoms with Gasteiger partial charge in [0.2, 0.25) is 0 Å². The van der Waals surface area contributed by atoms with Gasteiger partial charge in [0.05, 0.1) is 0 Å². The summed E-state index contributed by atoms with van der Waals surface area (Å²) in [6.07, 6.45) is 0.494. The zero-order valence-electron chi connectivity index (χ0n) is 7.37. The highest BCUT2D eigenvalue weighted by atomic mass is 35.5. The molecule has 2 nitrogen and oxygen atoms in total. The van der Waals surface area contributed by atoms with Gasteiger partial charge in [0.25, 0.3) is 0 Å². The first kappa shape index (κ1) is 10.1. The zero-order chi connectivity index (χ0) is 9.68. The molecule has 0 fully saturated rings. The van der Waals surface area contributed by atoms with Gasteiger partial charge in [-0.3, -0.25) is 0 Å². The first-order valence-corrected chi connectivity index (χ1v) is 4.53. The van der Waals surface area contributed by atoms with E-state index in [9.17, 15) is 4.79 Å². The molecule has 0 unspecified atom stereocenters. The number of hydrogen-bond donors (Lipinski definition) is 0. The number of ether oxygens (including phenoxy) is 1. The van der Waals surface area contributed by atoms with Crippen molar-refractivity contribution in [3.8, 4) is 0 Å². The Balaban J connectivity index is 2.73. The van der Waals surface area contributed by atoms with Gasteiger partial charge in [0.1, 0.15) is 6.10 Å². The fourth-order valence-corrected chi connectivity index (χ4v) is 1.27. The molecular formula is C10H11ClO2. The maximum Gasteiger partial charge on any atom is 0.404 e. The Morgan fingerprint density at radius 3 is 2.54 bits per heavy atom. The van der Waals surface area contributed by atoms with Gasteiger partial charge in [-0.15, -0.1) is 0 Å². The molecule has 0 amide bonds. The van der Waals surface area contributed by atoms with Crippen molar-refractivity contribution in [1.82, 2.24) is 0 Å². The fourth-order valence-electron chi connectivity index (χ4n) is 1.17. The van der Waals surface area contributed by atoms with Crippen LogP contribution in [0.2, 0.25) is 0 Å². The lowest BCUT2D eigenvalue weighted by Gasteiger charge is -2.13. The molecule has 0 spiro atoms. The normalized spacial score (nSPS) is 12.2. The summed E-state index contributed by atoms with van der Waals surface area (Å²) in [7, 11) is 0. The molecule has 0 heterocycles. The van der Waals surface area contributed by atoms with Crippen molar-refractivity contribution >= 4 is 17.0 Å². The van der Waals surface area contributed by atoms with E-state index in [0.717, 1.165) is 12.0 Å². The van der Waals surface area contributed by atoms with Gasteiger partial charge in [0, 0.05) is 11.6 Å². The van der Waals surface area contributed by atoms with Crippen molar-refractivity contribution in [1.29, 1.82) is 0 Å². The third kappa shape index (κ3) is 3.07. The van der Waals surface area contributed by atoms with Crippen LogP contribution in [0.3, 0.4) is 0 Å². The lowest BCUT2D eigenvalue weighted by atomic mass is 10.1. The maximum absolute atomic E-state index is 10.5. The molecule has 13 heavy (non-hydrogen) atoms. The summed E-state index contributed by atoms with van der Waals surface area (Å²) in [5.74, 6) is 0. The predicted molar refractivity (Wildman–Crippen MR) is 51.8 cm³/mol. The van der Waals surface area contributed by atoms with Crippen LogP contribution >= 0.6 is 11.6 Å². The summed E-state index contributed by atoms with van der Waals surface area (Å²) in [4.78, 5) is 10.5. The van der Waals surface area contributed by atoms with Gasteiger partial charge >= 0.3 is 5.43 Å². The van der Waals surface area contributed by atoms with Crippen LogP contribution in [0.15, 0.2) is 30.3 Å². The maximum atomic E-state index is 10.5. The molecule has 0 saturated heterocycles. The molecule has 1 atom stereocenters. The lowest BCUT2D eigenvalue weighted by Crippen LogP contribution is -2.04. The number of halogens is 1. The second kappa shape index (κ2) is 4.87. The molecule has 1 rings (SSSR count). The number of carbonyl (C=O) groups excluding carboxylic acids is 1. The number of benzene rings is 1. The Morgan fingerprint density at radius 1 is 1.46 bits per heavy atom. The predicted octanol–water partition coefficient (Wildman–Crippen LogP) is 3.51. The van der Waals surface area contributed by atoms with E-state index in [0.29, 0.717) is 0 Å². The molecule has 0 aromatic heterocycles. The van der Waals surface area contributed by atoms with Crippen molar-refractivity contribution in [2.24, 2.45) is 0 Å². The quantitative estimate of drug-likeness (QED) is 0.695. The van der Waals surface area contributed by atoms with Crippen molar-refractivity contribution in [3.63, 3.8) is 0 Å². The van der Waals surface area contributed by atoms with Gasteiger partial charge in [-0.25, -0.2) is 4.79 Å². The monoisotopic (exact) mass is 198 g/mol. The largest absolute Gasteiger partial charge is 0.446 e. The fraction of sp³-hybridized carbons (Fsp3) is 0.300. The van der Waals surface area contributed by atoms with E-state index in [-0.39, 0.29) is 6.10 Å². The standard InChI is InChI=1S/C10H11ClO2/c1-2-9(13-10(11)12)8-6-4-3-5-7-8/h3-7,9H,2H2,1H3/t9-/m1/s1. The highest BCUT2D eigenvalue weighted by molar-refractivity contribution is 6.61. The molecule has 0 saturated carbocycles. The highest BCUT2D eigenvalue weighted by Gasteiger charge is 2.11. The van der Waals surface area contributed by atoms with Gasteiger partial charge in [-0.2, -0.15) is 0 Å². The lowest BCUT2D eigenvalue weighted by molar-refractivity contribution is 0.119. The van der Waals surface area contributed by atoms with E-state index in [2.05, 4.69) is 0 Å². The van der Waals surface area contributed by atoms with Crippen molar-refractivity contribution in [2.45, 2.75) is 19.4 Å². The summed E-state index contributed by atoms with van der Waals surface area (Å²) >= 11 is 5.14. The third-order valence-corrected chi connectivity index (χ3v) is 1.87. The van der Waals surface area contributed by atoms with E-state index in [1.165, 1.54) is 0 Å². The summed E-state index contributed by atoms with van der Waals surface area (Å²) in [5, 5.41) is 0. The number of carbonyl (C=O) groups is 1. The van der Waals surface area contributed by atoms with E-state index < -0.39 is 5.43 Å². The van der Waals surface area contributed by atoms with E-state index in [1.807, 2.05) is 37.3 Å². The average Bonchev–Trinajstić information content (AvgIpc) is 2.15. The van der Waals surface area contributed by atoms with Crippen LogP contribution in [-0.4, -0.2) is 5.43 Å². The van der Waals surface area contributed by atoms with E-state index >= 15 is 0 Å². The number of hydrogen-bond acceptors (Lipinski definition) is 2. The van der Waals surface area contributed by atoms with Crippen molar-refractivity contribution in [2.75, 3.05) is 0 Å². The second-order valence-electron chi connectivity index (χ2n) is 2.66. The van der Waals surface area contributed by atoms with Gasteiger partial charge < -0.3 is 4.74 Å². The molecule has 0 aliphatic rings. The molecule has 1 aromatic carbocycles. The van der Waals surface area contributed by atoms with Gasteiger partial charge in [-0.1, -0.05) is 37.3 Å². The molecular weight excluding hydrogens is 188 g/mol. The zero-order valence-corrected chi connectivity index (χ0v) is 8.12. The van der Waals surface area contributed by atoms with E-state index in [1.54, 1.807) is 0 Å². The Bertz CT molecular complexity index is 272. The van der Waals surface area contributed by atoms with Crippen molar-refractivity contribution < 1.29 is 9.53 Å². The molecule has 0 aliphatic heterocycles. The van der Waals surface area contributed by atoms with Crippen LogP contribution in [0.5, 0.6) is 0 Å².